The van der Waals surface area contributed by atoms with Crippen molar-refractivity contribution in [1.29, 1.82) is 0 Å². The minimum atomic E-state index is -2.90. The zero-order chi connectivity index (χ0) is 72.8. The molecule has 514 valence electrons. The Morgan fingerprint density at radius 1 is 0.277 bits per heavy atom. The van der Waals surface area contributed by atoms with Gasteiger partial charge in [-0.3, -0.25) is 5.32 Å². The van der Waals surface area contributed by atoms with Gasteiger partial charge in [-0.1, -0.05) is 12.2 Å². The molecule has 101 heavy (non-hydrogen) atoms. The second-order valence-electron chi connectivity index (χ2n) is 22.0. The maximum Gasteiger partial charge on any atom is 0.200 e. The van der Waals surface area contributed by atoms with E-state index >= 15 is 105 Å². The van der Waals surface area contributed by atoms with Gasteiger partial charge in [0.25, 0.3) is 0 Å². The monoisotopic (exact) mass is 1440 g/mol. The fourth-order valence-electron chi connectivity index (χ4n) is 12.3. The predicted molar refractivity (Wildman–Crippen MR) is 294 cm³/mol. The molecule has 0 spiro atoms. The Balaban J connectivity index is 1.21. The Morgan fingerprint density at radius 3 is 1.05 bits per heavy atom. The van der Waals surface area contributed by atoms with Gasteiger partial charge >= 0.3 is 0 Å². The molecule has 3 N–H and O–H groups in total. The van der Waals surface area contributed by atoms with Crippen LogP contribution in [0, 0.1) is 169 Å². The lowest BCUT2D eigenvalue weighted by molar-refractivity contribution is 0.375. The molecule has 4 aliphatic rings. The van der Waals surface area contributed by atoms with E-state index in [1.54, 1.807) is 0 Å². The lowest BCUT2D eigenvalue weighted by Crippen LogP contribution is -2.39. The van der Waals surface area contributed by atoms with Gasteiger partial charge in [0.15, 0.2) is 140 Å². The largest absolute Gasteiger partial charge is 0.355 e. The summed E-state index contributed by atoms with van der Waals surface area (Å²) >= 11 is 0. The van der Waals surface area contributed by atoms with Gasteiger partial charge in [-0.2, -0.15) is 0 Å². The number of rotatable bonds is 5. The van der Waals surface area contributed by atoms with Gasteiger partial charge in [-0.25, -0.2) is 137 Å². The first-order chi connectivity index (χ1) is 47.7. The van der Waals surface area contributed by atoms with E-state index in [1.807, 2.05) is 0 Å². The van der Waals surface area contributed by atoms with Gasteiger partial charge in [0, 0.05) is 55.5 Å². The molecule has 2 atom stereocenters. The first-order valence-electron chi connectivity index (χ1n) is 27.8. The first kappa shape index (κ1) is 66.8. The van der Waals surface area contributed by atoms with Crippen molar-refractivity contribution in [3.8, 4) is 0 Å². The molecule has 0 amide bonds. The van der Waals surface area contributed by atoms with Crippen LogP contribution in [0.5, 0.6) is 0 Å². The van der Waals surface area contributed by atoms with E-state index < -0.39 is 309 Å². The summed E-state index contributed by atoms with van der Waals surface area (Å²) in [6.45, 7) is 0. The van der Waals surface area contributed by atoms with Crippen LogP contribution in [-0.4, -0.2) is 37.9 Å². The number of hydrogen-bond donors (Lipinski definition) is 3. The third-order valence-electron chi connectivity index (χ3n) is 16.7. The summed E-state index contributed by atoms with van der Waals surface area (Å²) in [6.07, 6.45) is 2.97. The molecule has 0 saturated carbocycles. The molecule has 4 aliphatic heterocycles. The standard InChI is InChI=1S/C66H17F29N6/c67-37-31(38(68)49(79)59(89)48(37)78)25-13-1-2-14(96-13)26(32-39(69)50(80)60(90)51(81)40(32)70)16-4-6-18(98-16)28(34-43(73)54(84)62(92)55(85)44(34)74)20-8-10-22(100-20)30-24-12-11-23(101(24)66-36(30)47(77)58(88)64(94)65(66)95)29(35-45(75)56(86)63(93)57(87)46(35)76)21-9-7-19(99-21)27(17-5-3-15(25)97-17)33-41(71)52(82)61(91)53(83)42(33)72/h1-12,19,21,97-99H/b25-15+,26-14+,27-17+,28-20+,29-23+. The third-order valence-corrected chi connectivity index (χ3v) is 16.7. The zero-order valence-corrected chi connectivity index (χ0v) is 47.9. The van der Waals surface area contributed by atoms with E-state index in [1.165, 1.54) is 0 Å². The van der Waals surface area contributed by atoms with Crippen LogP contribution in [0.3, 0.4) is 0 Å². The molecule has 4 aromatic heterocycles. The molecule has 8 heterocycles. The Hall–Kier alpha value is -11.4. The summed E-state index contributed by atoms with van der Waals surface area (Å²) in [5.41, 5.74) is -29.1. The molecule has 6 nitrogen and oxygen atoms in total. The summed E-state index contributed by atoms with van der Waals surface area (Å²) in [4.78, 5) is 12.3. The fourth-order valence-corrected chi connectivity index (χ4v) is 12.3. The molecule has 35 heteroatoms. The van der Waals surface area contributed by atoms with Crippen LogP contribution in [0.2, 0.25) is 0 Å². The summed E-state index contributed by atoms with van der Waals surface area (Å²) in [6, 6.07) is -2.08. The Labute approximate surface area is 537 Å². The molecule has 14 rings (SSSR count). The number of halogens is 29. The van der Waals surface area contributed by atoms with Crippen LogP contribution in [0.15, 0.2) is 94.2 Å². The van der Waals surface area contributed by atoms with Gasteiger partial charge in [0.2, 0.25) is 29.1 Å². The average molecular weight is 1440 g/mol. The number of nitrogens with one attached hydrogen (secondary N) is 3. The van der Waals surface area contributed by atoms with Crippen LogP contribution in [0.25, 0.3) is 44.3 Å². The molecule has 14 bridgehead atoms. The first-order valence-corrected chi connectivity index (χ1v) is 27.8. The van der Waals surface area contributed by atoms with E-state index in [-0.39, 0.29) is 4.40 Å². The summed E-state index contributed by atoms with van der Waals surface area (Å²) in [5, 5.41) is -2.93. The Kier molecular flexibility index (Phi) is 15.5. The lowest BCUT2D eigenvalue weighted by atomic mass is 9.95. The smallest absolute Gasteiger partial charge is 0.200 e. The molecule has 0 fully saturated rings. The maximum atomic E-state index is 16.9. The molecule has 0 aliphatic carbocycles. The molecule has 0 radical (unpaired) electrons. The van der Waals surface area contributed by atoms with Crippen molar-refractivity contribution >= 4 is 55.7 Å². The van der Waals surface area contributed by atoms with Gasteiger partial charge in [0.1, 0.15) is 0 Å². The van der Waals surface area contributed by atoms with Crippen LogP contribution < -0.4 is 21.4 Å². The third kappa shape index (κ3) is 9.35. The molecule has 0 saturated heterocycles. The number of fused-ring (bicyclic) bond motifs is 11. The number of hydrogen-bond acceptors (Lipinski definition) is 3. The summed E-state index contributed by atoms with van der Waals surface area (Å²) < 4.78 is 461. The summed E-state index contributed by atoms with van der Waals surface area (Å²) in [5.74, 6) is -81.2. The number of aliphatic imine (C=N–C) groups is 2. The molecular weight excluding hydrogens is 1430 g/mol. The minimum Gasteiger partial charge on any atom is -0.355 e. The van der Waals surface area contributed by atoms with Gasteiger partial charge in [-0.05, 0) is 60.7 Å². The quantitative estimate of drug-likeness (QED) is 0.0683. The van der Waals surface area contributed by atoms with Crippen molar-refractivity contribution in [3.63, 3.8) is 0 Å². The lowest BCUT2D eigenvalue weighted by Gasteiger charge is -2.22. The van der Waals surface area contributed by atoms with Crippen LogP contribution in [0.4, 0.5) is 127 Å². The number of aromatic amines is 2. The van der Waals surface area contributed by atoms with E-state index in [0.29, 0.717) is 72.9 Å². The zero-order valence-electron chi connectivity index (χ0n) is 47.9. The van der Waals surface area contributed by atoms with Crippen molar-refractivity contribution < 1.29 is 127 Å². The normalized spacial score (nSPS) is 19.2. The molecule has 10 aromatic rings. The SMILES string of the molecule is Fc1c(F)c(F)c(/C2=C3\C=CC(=N3)/C(c3c(F)c(F)c(F)c(F)c3F)=c3/cc/c([nH]3)=C(\c3c(F)c(F)c(F)c(F)c3F)C3C=CC(N3)/C(c3c(F)c(F)c(F)c(F)c3F)=c3/ccc4c(c5c(F)c(F)c(F)c(F)c5n34)C3=N/C(=C(/c4c(F)c(F)c(F)c(F)c4F)c4ccc2[nH]4)C=C3)c(F)c1F. The van der Waals surface area contributed by atoms with E-state index in [9.17, 15) is 22.0 Å². The number of aromatic nitrogens is 3. The summed E-state index contributed by atoms with van der Waals surface area (Å²) in [7, 11) is 0. The van der Waals surface area contributed by atoms with Crippen molar-refractivity contribution in [2.24, 2.45) is 9.98 Å². The number of H-pyrrole nitrogens is 2. The minimum absolute atomic E-state index is 0.155. The second-order valence-corrected chi connectivity index (χ2v) is 22.0. The van der Waals surface area contributed by atoms with Crippen molar-refractivity contribution in [2.75, 3.05) is 0 Å². The topological polar surface area (TPSA) is 72.7 Å². The molecular formula is C66H17F29N6. The maximum absolute atomic E-state index is 16.9. The second kappa shape index (κ2) is 23.4. The van der Waals surface area contributed by atoms with Gasteiger partial charge in [-0.15, -0.1) is 0 Å². The van der Waals surface area contributed by atoms with Crippen LogP contribution in [0.1, 0.15) is 44.8 Å². The average Bonchev–Trinajstić information content (AvgIpc) is 1.69. The van der Waals surface area contributed by atoms with Crippen LogP contribution in [-0.2, 0) is 0 Å². The predicted octanol–water partition coefficient (Wildman–Crippen LogP) is 15.3. The number of allylic oxidation sites excluding steroid dienone is 4. The Morgan fingerprint density at radius 2 is 0.614 bits per heavy atom. The van der Waals surface area contributed by atoms with Crippen molar-refractivity contribution in [3.05, 3.63) is 314 Å². The highest BCUT2D eigenvalue weighted by Crippen LogP contribution is 2.45. The number of benzene rings is 6. The Bertz CT molecular complexity index is 5860. The van der Waals surface area contributed by atoms with E-state index in [0.717, 1.165) is 0 Å². The van der Waals surface area contributed by atoms with Gasteiger partial charge < -0.3 is 14.4 Å². The highest BCUT2D eigenvalue weighted by Gasteiger charge is 2.41. The van der Waals surface area contributed by atoms with E-state index in [4.69, 9.17) is 0 Å². The van der Waals surface area contributed by atoms with Crippen LogP contribution >= 0.6 is 0 Å². The van der Waals surface area contributed by atoms with Gasteiger partial charge in [0.05, 0.1) is 84.5 Å². The highest BCUT2D eigenvalue weighted by atomic mass is 19.2. The molecule has 6 aromatic carbocycles. The highest BCUT2D eigenvalue weighted by molar-refractivity contribution is 6.30. The van der Waals surface area contributed by atoms with Crippen molar-refractivity contribution in [1.82, 2.24) is 19.7 Å². The van der Waals surface area contributed by atoms with E-state index in [2.05, 4.69) is 25.3 Å². The van der Waals surface area contributed by atoms with Crippen molar-refractivity contribution in [2.45, 2.75) is 12.1 Å². The fraction of sp³-hybridized carbons (Fsp3) is 0.0303. The molecule has 2 unspecified atom stereocenters. The number of nitrogens with zero attached hydrogens (tertiary/aromatic N) is 3.